The number of amides is 2. The van der Waals surface area contributed by atoms with E-state index in [0.717, 1.165) is 25.7 Å². The molecule has 1 aliphatic rings. The number of nitrogens with one attached hydrogen (secondary N) is 2. The highest BCUT2D eigenvalue weighted by Gasteiger charge is 2.22. The molecular weight excluding hydrogens is 316 g/mol. The SMILES string of the molecule is CC(C)(C)c1ccc(C(=O)NCC(=O)NC2CCC(CO)CC2)cc1. The first-order valence-electron chi connectivity index (χ1n) is 9.08. The Morgan fingerprint density at radius 3 is 2.20 bits per heavy atom. The van der Waals surface area contributed by atoms with Gasteiger partial charge in [-0.15, -0.1) is 0 Å². The molecule has 1 aromatic rings. The monoisotopic (exact) mass is 346 g/mol. The Bertz CT molecular complexity index is 582. The summed E-state index contributed by atoms with van der Waals surface area (Å²) >= 11 is 0. The molecule has 1 aromatic carbocycles. The van der Waals surface area contributed by atoms with Crippen molar-refractivity contribution in [2.45, 2.75) is 57.9 Å². The van der Waals surface area contributed by atoms with Crippen molar-refractivity contribution in [1.82, 2.24) is 10.6 Å². The second-order valence-corrected chi connectivity index (χ2v) is 7.98. The van der Waals surface area contributed by atoms with Crippen molar-refractivity contribution in [2.75, 3.05) is 13.2 Å². The van der Waals surface area contributed by atoms with Gasteiger partial charge in [0.25, 0.3) is 5.91 Å². The van der Waals surface area contributed by atoms with Crippen molar-refractivity contribution in [3.8, 4) is 0 Å². The van der Waals surface area contributed by atoms with Crippen LogP contribution in [0.3, 0.4) is 0 Å². The Hall–Kier alpha value is -1.88. The van der Waals surface area contributed by atoms with E-state index >= 15 is 0 Å². The smallest absolute Gasteiger partial charge is 0.251 e. The van der Waals surface area contributed by atoms with E-state index in [1.807, 2.05) is 12.1 Å². The lowest BCUT2D eigenvalue weighted by molar-refractivity contribution is -0.121. The topological polar surface area (TPSA) is 78.4 Å². The zero-order valence-corrected chi connectivity index (χ0v) is 15.5. The summed E-state index contributed by atoms with van der Waals surface area (Å²) in [4.78, 5) is 24.2. The van der Waals surface area contributed by atoms with Crippen molar-refractivity contribution in [3.05, 3.63) is 35.4 Å². The Morgan fingerprint density at radius 1 is 1.08 bits per heavy atom. The van der Waals surface area contributed by atoms with Crippen molar-refractivity contribution in [2.24, 2.45) is 5.92 Å². The summed E-state index contributed by atoms with van der Waals surface area (Å²) in [5.41, 5.74) is 1.77. The fraction of sp³-hybridized carbons (Fsp3) is 0.600. The van der Waals surface area contributed by atoms with E-state index in [2.05, 4.69) is 31.4 Å². The predicted molar refractivity (Wildman–Crippen MR) is 98.4 cm³/mol. The molecule has 2 rings (SSSR count). The summed E-state index contributed by atoms with van der Waals surface area (Å²) in [6.45, 7) is 6.59. The minimum atomic E-state index is -0.236. The van der Waals surface area contributed by atoms with E-state index in [4.69, 9.17) is 5.11 Å². The summed E-state index contributed by atoms with van der Waals surface area (Å²) < 4.78 is 0. The van der Waals surface area contributed by atoms with E-state index in [1.165, 1.54) is 5.56 Å². The number of hydrogen-bond acceptors (Lipinski definition) is 3. The minimum Gasteiger partial charge on any atom is -0.396 e. The first kappa shape index (κ1) is 19.4. The molecule has 0 saturated heterocycles. The summed E-state index contributed by atoms with van der Waals surface area (Å²) in [6.07, 6.45) is 3.65. The predicted octanol–water partition coefficient (Wildman–Crippen LogP) is 2.38. The molecule has 2 amide bonds. The second kappa shape index (κ2) is 8.48. The van der Waals surface area contributed by atoms with E-state index in [0.29, 0.717) is 11.5 Å². The van der Waals surface area contributed by atoms with Gasteiger partial charge in [-0.05, 0) is 54.7 Å². The van der Waals surface area contributed by atoms with Gasteiger partial charge in [0.1, 0.15) is 0 Å². The molecule has 0 bridgehead atoms. The lowest BCUT2D eigenvalue weighted by Crippen LogP contribution is -2.43. The van der Waals surface area contributed by atoms with Gasteiger partial charge in [0.15, 0.2) is 0 Å². The third kappa shape index (κ3) is 5.85. The van der Waals surface area contributed by atoms with Crippen molar-refractivity contribution in [3.63, 3.8) is 0 Å². The number of benzene rings is 1. The fourth-order valence-electron chi connectivity index (χ4n) is 3.15. The third-order valence-electron chi connectivity index (χ3n) is 4.89. The fourth-order valence-corrected chi connectivity index (χ4v) is 3.15. The maximum atomic E-state index is 12.2. The van der Waals surface area contributed by atoms with Crippen LogP contribution in [0.1, 0.15) is 62.4 Å². The second-order valence-electron chi connectivity index (χ2n) is 7.98. The van der Waals surface area contributed by atoms with Crippen LogP contribution in [0.5, 0.6) is 0 Å². The van der Waals surface area contributed by atoms with Gasteiger partial charge < -0.3 is 15.7 Å². The molecule has 0 aromatic heterocycles. The molecule has 0 radical (unpaired) electrons. The normalized spacial score (nSPS) is 20.8. The van der Waals surface area contributed by atoms with Gasteiger partial charge in [0.05, 0.1) is 6.54 Å². The Kier molecular flexibility index (Phi) is 6.59. The van der Waals surface area contributed by atoms with Gasteiger partial charge in [-0.3, -0.25) is 9.59 Å². The highest BCUT2D eigenvalue weighted by atomic mass is 16.3. The van der Waals surface area contributed by atoms with Crippen LogP contribution < -0.4 is 10.6 Å². The molecule has 0 atom stereocenters. The van der Waals surface area contributed by atoms with Crippen LogP contribution in [-0.4, -0.2) is 36.1 Å². The average Bonchev–Trinajstić information content (AvgIpc) is 2.59. The molecule has 0 aliphatic heterocycles. The average molecular weight is 346 g/mol. The number of hydrogen-bond donors (Lipinski definition) is 3. The van der Waals surface area contributed by atoms with Gasteiger partial charge in [0, 0.05) is 18.2 Å². The highest BCUT2D eigenvalue weighted by Crippen LogP contribution is 2.24. The van der Waals surface area contributed by atoms with Gasteiger partial charge in [0.2, 0.25) is 5.91 Å². The number of carbonyl (C=O) groups excluding carboxylic acids is 2. The quantitative estimate of drug-likeness (QED) is 0.766. The molecular formula is C20H30N2O3. The molecule has 5 heteroatoms. The standard InChI is InChI=1S/C20H30N2O3/c1-20(2,3)16-8-6-15(7-9-16)19(25)21-12-18(24)22-17-10-4-14(13-23)5-11-17/h6-9,14,17,23H,4-5,10-13H2,1-3H3,(H,21,25)(H,22,24). The molecule has 25 heavy (non-hydrogen) atoms. The molecule has 138 valence electrons. The van der Waals surface area contributed by atoms with Crippen LogP contribution in [0.2, 0.25) is 0 Å². The molecule has 5 nitrogen and oxygen atoms in total. The summed E-state index contributed by atoms with van der Waals surface area (Å²) in [7, 11) is 0. The van der Waals surface area contributed by atoms with E-state index in [-0.39, 0.29) is 36.4 Å². The van der Waals surface area contributed by atoms with Crippen molar-refractivity contribution < 1.29 is 14.7 Å². The van der Waals surface area contributed by atoms with E-state index in [1.54, 1.807) is 12.1 Å². The number of aliphatic hydroxyl groups is 1. The molecule has 1 fully saturated rings. The Morgan fingerprint density at radius 2 is 1.68 bits per heavy atom. The minimum absolute atomic E-state index is 0.0141. The largest absolute Gasteiger partial charge is 0.396 e. The Labute approximate surface area is 150 Å². The van der Waals surface area contributed by atoms with Crippen LogP contribution in [0.25, 0.3) is 0 Å². The molecule has 0 heterocycles. The zero-order chi connectivity index (χ0) is 18.4. The molecule has 3 N–H and O–H groups in total. The van der Waals surface area contributed by atoms with Crippen LogP contribution >= 0.6 is 0 Å². The summed E-state index contributed by atoms with van der Waals surface area (Å²) in [6, 6.07) is 7.65. The zero-order valence-electron chi connectivity index (χ0n) is 15.5. The van der Waals surface area contributed by atoms with Crippen LogP contribution in [-0.2, 0) is 10.2 Å². The van der Waals surface area contributed by atoms with Crippen LogP contribution in [0.15, 0.2) is 24.3 Å². The van der Waals surface area contributed by atoms with Crippen molar-refractivity contribution in [1.29, 1.82) is 0 Å². The summed E-state index contributed by atoms with van der Waals surface area (Å²) in [5.74, 6) is -0.0318. The maximum Gasteiger partial charge on any atom is 0.251 e. The first-order valence-corrected chi connectivity index (χ1v) is 9.08. The molecule has 1 aliphatic carbocycles. The third-order valence-corrected chi connectivity index (χ3v) is 4.89. The van der Waals surface area contributed by atoms with Crippen LogP contribution in [0, 0.1) is 5.92 Å². The van der Waals surface area contributed by atoms with Crippen LogP contribution in [0.4, 0.5) is 0 Å². The lowest BCUT2D eigenvalue weighted by atomic mass is 9.86. The number of rotatable bonds is 5. The van der Waals surface area contributed by atoms with Crippen molar-refractivity contribution >= 4 is 11.8 Å². The maximum absolute atomic E-state index is 12.2. The van der Waals surface area contributed by atoms with Gasteiger partial charge in [-0.2, -0.15) is 0 Å². The number of aliphatic hydroxyl groups excluding tert-OH is 1. The first-order chi connectivity index (χ1) is 11.8. The summed E-state index contributed by atoms with van der Waals surface area (Å²) in [5, 5.41) is 14.8. The lowest BCUT2D eigenvalue weighted by Gasteiger charge is -2.27. The van der Waals surface area contributed by atoms with E-state index in [9.17, 15) is 9.59 Å². The highest BCUT2D eigenvalue weighted by molar-refractivity contribution is 5.96. The van der Waals surface area contributed by atoms with Gasteiger partial charge >= 0.3 is 0 Å². The molecule has 0 spiro atoms. The van der Waals surface area contributed by atoms with Gasteiger partial charge in [-0.1, -0.05) is 32.9 Å². The number of carbonyl (C=O) groups is 2. The Balaban J connectivity index is 1.77. The molecule has 0 unspecified atom stereocenters. The molecule has 1 saturated carbocycles. The van der Waals surface area contributed by atoms with Gasteiger partial charge in [-0.25, -0.2) is 0 Å². The van der Waals surface area contributed by atoms with E-state index < -0.39 is 0 Å².